The van der Waals surface area contributed by atoms with Gasteiger partial charge in [0.1, 0.15) is 6.42 Å². The topological polar surface area (TPSA) is 83.8 Å². The van der Waals surface area contributed by atoms with Crippen molar-refractivity contribution in [2.24, 2.45) is 0 Å². The predicted octanol–water partition coefficient (Wildman–Crippen LogP) is -1.05. The molecule has 2 N–H and O–H groups in total. The average molecular weight is 134 g/mol. The molecule has 0 fully saturated rings. The lowest BCUT2D eigenvalue weighted by molar-refractivity contribution is -0.160. The highest BCUT2D eigenvalue weighted by Crippen LogP contribution is 1.89. The van der Waals surface area contributed by atoms with Crippen molar-refractivity contribution < 1.29 is 24.5 Å². The SMILES string of the molecule is O=CO[C@H](O)CC(=O)O. The van der Waals surface area contributed by atoms with Crippen LogP contribution in [0.25, 0.3) is 0 Å². The van der Waals surface area contributed by atoms with E-state index in [0.717, 1.165) is 0 Å². The Labute approximate surface area is 50.9 Å². The lowest BCUT2D eigenvalue weighted by Crippen LogP contribution is -2.15. The Balaban J connectivity index is 3.37. The molecule has 0 saturated heterocycles. The Morgan fingerprint density at radius 3 is 2.67 bits per heavy atom. The molecular formula is C4H6O5. The summed E-state index contributed by atoms with van der Waals surface area (Å²) in [5, 5.41) is 16.3. The molecule has 0 bridgehead atoms. The van der Waals surface area contributed by atoms with Crippen molar-refractivity contribution in [2.45, 2.75) is 12.7 Å². The first kappa shape index (κ1) is 7.90. The van der Waals surface area contributed by atoms with Crippen LogP contribution in [0.1, 0.15) is 6.42 Å². The number of carboxylic acids is 1. The van der Waals surface area contributed by atoms with E-state index in [1.54, 1.807) is 0 Å². The van der Waals surface area contributed by atoms with E-state index in [-0.39, 0.29) is 6.47 Å². The molecule has 0 heterocycles. The van der Waals surface area contributed by atoms with Crippen molar-refractivity contribution >= 4 is 12.4 Å². The second kappa shape index (κ2) is 3.85. The zero-order valence-electron chi connectivity index (χ0n) is 4.48. The summed E-state index contributed by atoms with van der Waals surface area (Å²) in [5.41, 5.74) is 0. The number of aliphatic hydroxyl groups is 1. The standard InChI is InChI=1S/C4H6O5/c5-2-9-4(8)1-3(6)7/h2,4,8H,1H2,(H,6,7)/t4-/m0/s1. The number of carboxylic acid groups (broad SMARTS) is 1. The maximum atomic E-state index is 9.73. The van der Waals surface area contributed by atoms with Gasteiger partial charge in [-0.25, -0.2) is 0 Å². The van der Waals surface area contributed by atoms with E-state index in [0.29, 0.717) is 0 Å². The molecule has 1 atom stereocenters. The first-order chi connectivity index (χ1) is 4.16. The van der Waals surface area contributed by atoms with Gasteiger partial charge in [0.2, 0.25) is 6.29 Å². The van der Waals surface area contributed by atoms with Gasteiger partial charge in [0.05, 0.1) is 0 Å². The molecule has 52 valence electrons. The van der Waals surface area contributed by atoms with E-state index in [9.17, 15) is 9.59 Å². The van der Waals surface area contributed by atoms with Gasteiger partial charge in [-0.1, -0.05) is 0 Å². The Bertz CT molecular complexity index is 110. The largest absolute Gasteiger partial charge is 0.481 e. The van der Waals surface area contributed by atoms with Crippen LogP contribution in [0.4, 0.5) is 0 Å². The molecular weight excluding hydrogens is 128 g/mol. The van der Waals surface area contributed by atoms with E-state index in [2.05, 4.69) is 4.74 Å². The lowest BCUT2D eigenvalue weighted by Gasteiger charge is -2.02. The molecule has 0 spiro atoms. The molecule has 0 aromatic heterocycles. The third kappa shape index (κ3) is 4.76. The monoisotopic (exact) mass is 134 g/mol. The Kier molecular flexibility index (Phi) is 3.38. The van der Waals surface area contributed by atoms with Crippen LogP contribution >= 0.6 is 0 Å². The van der Waals surface area contributed by atoms with Crippen molar-refractivity contribution in [1.82, 2.24) is 0 Å². The zero-order valence-corrected chi connectivity index (χ0v) is 4.48. The average Bonchev–Trinajstić information content (AvgIpc) is 1.63. The summed E-state index contributed by atoms with van der Waals surface area (Å²) in [7, 11) is 0. The van der Waals surface area contributed by atoms with Crippen molar-refractivity contribution in [3.8, 4) is 0 Å². The molecule has 0 aromatic rings. The van der Waals surface area contributed by atoms with Crippen molar-refractivity contribution in [2.75, 3.05) is 0 Å². The quantitative estimate of drug-likeness (QED) is 0.378. The highest BCUT2D eigenvalue weighted by atomic mass is 16.6. The van der Waals surface area contributed by atoms with Crippen molar-refractivity contribution in [3.05, 3.63) is 0 Å². The summed E-state index contributed by atoms with van der Waals surface area (Å²) in [5.74, 6) is -1.22. The van der Waals surface area contributed by atoms with Crippen LogP contribution < -0.4 is 0 Å². The Morgan fingerprint density at radius 2 is 2.33 bits per heavy atom. The first-order valence-electron chi connectivity index (χ1n) is 2.15. The van der Waals surface area contributed by atoms with Crippen LogP contribution in [0, 0.1) is 0 Å². The maximum Gasteiger partial charge on any atom is 0.309 e. The summed E-state index contributed by atoms with van der Waals surface area (Å²) in [6, 6.07) is 0. The fourth-order valence-corrected chi connectivity index (χ4v) is 0.262. The normalized spacial score (nSPS) is 12.1. The summed E-state index contributed by atoms with van der Waals surface area (Å²) in [6.07, 6.45) is -2.11. The molecule has 0 aliphatic rings. The third-order valence-corrected chi connectivity index (χ3v) is 0.562. The number of carbonyl (C=O) groups excluding carboxylic acids is 1. The van der Waals surface area contributed by atoms with Crippen LogP contribution in [0.3, 0.4) is 0 Å². The number of rotatable bonds is 4. The highest BCUT2D eigenvalue weighted by Gasteiger charge is 2.07. The van der Waals surface area contributed by atoms with E-state index in [1.165, 1.54) is 0 Å². The number of hydrogen-bond acceptors (Lipinski definition) is 4. The van der Waals surface area contributed by atoms with Gasteiger partial charge in [-0.05, 0) is 0 Å². The number of ether oxygens (including phenoxy) is 1. The Hall–Kier alpha value is -1.10. The van der Waals surface area contributed by atoms with E-state index in [1.807, 2.05) is 0 Å². The number of aliphatic hydroxyl groups excluding tert-OH is 1. The lowest BCUT2D eigenvalue weighted by atomic mass is 10.4. The summed E-state index contributed by atoms with van der Waals surface area (Å²) in [4.78, 5) is 19.2. The summed E-state index contributed by atoms with van der Waals surface area (Å²) in [6.45, 7) is -0.00634. The van der Waals surface area contributed by atoms with Gasteiger partial charge in [0, 0.05) is 0 Å². The highest BCUT2D eigenvalue weighted by molar-refractivity contribution is 5.67. The van der Waals surface area contributed by atoms with Crippen LogP contribution in [0.5, 0.6) is 0 Å². The van der Waals surface area contributed by atoms with Gasteiger partial charge in [0.15, 0.2) is 0 Å². The van der Waals surface area contributed by atoms with Gasteiger partial charge in [-0.3, -0.25) is 9.59 Å². The van der Waals surface area contributed by atoms with Crippen LogP contribution in [0.2, 0.25) is 0 Å². The maximum absolute atomic E-state index is 9.73. The molecule has 5 heteroatoms. The second-order valence-electron chi connectivity index (χ2n) is 1.28. The van der Waals surface area contributed by atoms with E-state index >= 15 is 0 Å². The molecule has 0 rings (SSSR count). The van der Waals surface area contributed by atoms with E-state index in [4.69, 9.17) is 10.2 Å². The minimum absolute atomic E-state index is 0.00634. The van der Waals surface area contributed by atoms with Crippen molar-refractivity contribution in [3.63, 3.8) is 0 Å². The molecule has 0 aliphatic carbocycles. The molecule has 0 aromatic carbocycles. The van der Waals surface area contributed by atoms with Gasteiger partial charge < -0.3 is 14.9 Å². The molecule has 0 unspecified atom stereocenters. The minimum atomic E-state index is -1.53. The van der Waals surface area contributed by atoms with Crippen LogP contribution in [-0.4, -0.2) is 28.9 Å². The minimum Gasteiger partial charge on any atom is -0.481 e. The second-order valence-corrected chi connectivity index (χ2v) is 1.28. The molecule has 9 heavy (non-hydrogen) atoms. The van der Waals surface area contributed by atoms with E-state index < -0.39 is 18.7 Å². The predicted molar refractivity (Wildman–Crippen MR) is 25.4 cm³/mol. The smallest absolute Gasteiger partial charge is 0.309 e. The van der Waals surface area contributed by atoms with Crippen LogP contribution in [-0.2, 0) is 14.3 Å². The fraction of sp³-hybridized carbons (Fsp3) is 0.500. The van der Waals surface area contributed by atoms with Crippen LogP contribution in [0.15, 0.2) is 0 Å². The number of hydrogen-bond donors (Lipinski definition) is 2. The van der Waals surface area contributed by atoms with Gasteiger partial charge in [0.25, 0.3) is 6.47 Å². The fourth-order valence-electron chi connectivity index (χ4n) is 0.262. The summed E-state index contributed by atoms with van der Waals surface area (Å²) < 4.78 is 3.85. The molecule has 0 saturated carbocycles. The van der Waals surface area contributed by atoms with Gasteiger partial charge in [-0.2, -0.15) is 0 Å². The number of carbonyl (C=O) groups is 2. The van der Waals surface area contributed by atoms with Crippen molar-refractivity contribution in [1.29, 1.82) is 0 Å². The first-order valence-corrected chi connectivity index (χ1v) is 2.15. The zero-order chi connectivity index (χ0) is 7.28. The Morgan fingerprint density at radius 1 is 1.78 bits per heavy atom. The van der Waals surface area contributed by atoms with Gasteiger partial charge in [-0.15, -0.1) is 0 Å². The van der Waals surface area contributed by atoms with Gasteiger partial charge >= 0.3 is 5.97 Å². The third-order valence-electron chi connectivity index (χ3n) is 0.562. The molecule has 5 nitrogen and oxygen atoms in total. The summed E-state index contributed by atoms with van der Waals surface area (Å²) >= 11 is 0. The molecule has 0 amide bonds. The molecule has 0 aliphatic heterocycles. The number of aliphatic carboxylic acids is 1. The molecule has 0 radical (unpaired) electrons.